The molecule has 1 fully saturated rings. The lowest BCUT2D eigenvalue weighted by Crippen LogP contribution is -2.63. The van der Waals surface area contributed by atoms with Gasteiger partial charge in [-0.05, 0) is 314 Å². The molecule has 1 rings (SSSR count). The Bertz CT molecular complexity index is 1670. The zero-order chi connectivity index (χ0) is 77.0. The van der Waals surface area contributed by atoms with Crippen LogP contribution in [0.25, 0.3) is 0 Å². The first-order valence-electron chi connectivity index (χ1n) is 33.8. The average molecular weight is 1780 g/mol. The van der Waals surface area contributed by atoms with Crippen LogP contribution in [0.5, 0.6) is 0 Å². The zero-order valence-electron chi connectivity index (χ0n) is 69.8. The van der Waals surface area contributed by atoms with Crippen molar-refractivity contribution < 1.29 is 98.8 Å². The highest BCUT2D eigenvalue weighted by atomic mass is 28.6. The van der Waals surface area contributed by atoms with E-state index in [2.05, 4.69) is 314 Å². The van der Waals surface area contributed by atoms with Crippen molar-refractivity contribution in [3.05, 3.63) is 0 Å². The van der Waals surface area contributed by atoms with Crippen molar-refractivity contribution in [3.63, 3.8) is 0 Å². The van der Waals surface area contributed by atoms with E-state index in [9.17, 15) is 0 Å². The van der Waals surface area contributed by atoms with Gasteiger partial charge in [-0.15, -0.1) is 0 Å². The summed E-state index contributed by atoms with van der Waals surface area (Å²) in [4.78, 5) is 0. The number of hydrogen-bond donors (Lipinski definition) is 0. The highest BCUT2D eigenvalue weighted by Crippen LogP contribution is 2.37. The second kappa shape index (κ2) is 32.3. The molecular formula is C48H144O24Si24. The standard InChI is InChI=1S/C48H144O24Si24/c1-73(2)49-74(3,4)51-76(7,8)53-78(11,12)55-80(15,16)57-82(19,20)59-84(23,24)61-86(27,28)63-88(31,32)65-90(35,36)67-92(39,40)69-94(43,44)71-96(47,48)72-95(45,46)70-93(41,42)68-91(37,38)66-89(33,34)64-87(29,30)62-85(25,26)60-83(21,22)58-81(17,18)56-79(13,14)54-77(9,10)52-75(5,6)50-73/h1-48H3. The van der Waals surface area contributed by atoms with Crippen LogP contribution in [0.1, 0.15) is 0 Å². The molecule has 1 aliphatic heterocycles. The Morgan fingerprint density at radius 1 is 0.0625 bits per heavy atom. The molecule has 0 N–H and O–H groups in total. The van der Waals surface area contributed by atoms with E-state index in [1.807, 2.05) is 0 Å². The molecule has 0 saturated carbocycles. The van der Waals surface area contributed by atoms with Crippen LogP contribution in [0.2, 0.25) is 314 Å². The highest BCUT2D eigenvalue weighted by Gasteiger charge is 2.57. The van der Waals surface area contributed by atoms with E-state index >= 15 is 0 Å². The van der Waals surface area contributed by atoms with Gasteiger partial charge in [0.05, 0.1) is 0 Å². The van der Waals surface area contributed by atoms with E-state index < -0.39 is 205 Å². The third kappa shape index (κ3) is 42.3. The molecule has 1 saturated heterocycles. The summed E-state index contributed by atoms with van der Waals surface area (Å²) in [5.74, 6) is 0. The largest absolute Gasteiger partial charge is 0.416 e. The molecule has 24 nitrogen and oxygen atoms in total. The fourth-order valence-electron chi connectivity index (χ4n) is 14.7. The highest BCUT2D eigenvalue weighted by molar-refractivity contribution is 6.98. The van der Waals surface area contributed by atoms with Gasteiger partial charge in [0.1, 0.15) is 0 Å². The predicted molar refractivity (Wildman–Crippen MR) is 446 cm³/mol. The van der Waals surface area contributed by atoms with Gasteiger partial charge in [0.2, 0.25) is 0 Å². The van der Waals surface area contributed by atoms with Gasteiger partial charge in [-0.25, -0.2) is 0 Å². The van der Waals surface area contributed by atoms with Crippen LogP contribution in [0, 0.1) is 0 Å². The van der Waals surface area contributed by atoms with Gasteiger partial charge in [-0.3, -0.25) is 0 Å². The molecule has 0 amide bonds. The predicted octanol–water partition coefficient (Wildman–Crippen LogP) is 17.2. The van der Waals surface area contributed by atoms with Gasteiger partial charge in [0, 0.05) is 0 Å². The monoisotopic (exact) mass is 1780 g/mol. The van der Waals surface area contributed by atoms with Crippen molar-refractivity contribution in [2.45, 2.75) is 314 Å². The van der Waals surface area contributed by atoms with Gasteiger partial charge >= 0.3 is 205 Å². The summed E-state index contributed by atoms with van der Waals surface area (Å²) in [6, 6.07) is 0. The smallest absolute Gasteiger partial charge is 0.314 e. The molecule has 1 heterocycles. The maximum atomic E-state index is 6.98. The first-order valence-corrected chi connectivity index (χ1v) is 101. The second-order valence-corrected chi connectivity index (χ2v) is 123. The Balaban J connectivity index is 3.77. The third-order valence-corrected chi connectivity index (χ3v) is 106. The van der Waals surface area contributed by atoms with Gasteiger partial charge in [-0.2, -0.15) is 0 Å². The van der Waals surface area contributed by atoms with Gasteiger partial charge in [0.25, 0.3) is 0 Å². The summed E-state index contributed by atoms with van der Waals surface area (Å²) >= 11 is 0. The van der Waals surface area contributed by atoms with Crippen molar-refractivity contribution in [3.8, 4) is 0 Å². The van der Waals surface area contributed by atoms with Gasteiger partial charge in [-0.1, -0.05) is 0 Å². The summed E-state index contributed by atoms with van der Waals surface area (Å²) in [7, 11) is -69.5. The molecule has 0 aromatic carbocycles. The van der Waals surface area contributed by atoms with Crippen molar-refractivity contribution in [2.24, 2.45) is 0 Å². The molecule has 48 heteroatoms. The van der Waals surface area contributed by atoms with Crippen LogP contribution in [0.3, 0.4) is 0 Å². The lowest BCUT2D eigenvalue weighted by molar-refractivity contribution is 0.247. The maximum Gasteiger partial charge on any atom is 0.314 e. The minimum Gasteiger partial charge on any atom is -0.416 e. The summed E-state index contributed by atoms with van der Waals surface area (Å²) in [5.41, 5.74) is 0. The van der Waals surface area contributed by atoms with Crippen molar-refractivity contribution in [1.82, 2.24) is 0 Å². The Labute approximate surface area is 613 Å². The van der Waals surface area contributed by atoms with E-state index in [1.165, 1.54) is 0 Å². The lowest BCUT2D eigenvalue weighted by Gasteiger charge is -2.45. The summed E-state index contributed by atoms with van der Waals surface area (Å²) in [6.07, 6.45) is 0. The van der Waals surface area contributed by atoms with E-state index in [4.69, 9.17) is 98.8 Å². The Morgan fingerprint density at radius 3 is 0.104 bits per heavy atom. The Hall–Kier alpha value is 4.25. The van der Waals surface area contributed by atoms with Gasteiger partial charge in [0.15, 0.2) is 0 Å². The summed E-state index contributed by atoms with van der Waals surface area (Å²) in [5, 5.41) is 0. The first-order chi connectivity index (χ1) is 41.0. The van der Waals surface area contributed by atoms with Crippen LogP contribution in [0.4, 0.5) is 0 Å². The molecule has 1 aliphatic rings. The average Bonchev–Trinajstić information content (AvgIpc) is 0.815. The van der Waals surface area contributed by atoms with Crippen LogP contribution >= 0.6 is 0 Å². The molecule has 576 valence electrons. The van der Waals surface area contributed by atoms with E-state index in [-0.39, 0.29) is 0 Å². The van der Waals surface area contributed by atoms with Crippen LogP contribution in [-0.4, -0.2) is 205 Å². The fourth-order valence-corrected chi connectivity index (χ4v) is 141. The normalized spacial score (nSPS) is 31.5. The molecule has 0 aromatic rings. The topological polar surface area (TPSA) is 222 Å². The lowest BCUT2D eigenvalue weighted by atomic mass is 11.9. The quantitative estimate of drug-likeness (QED) is 0.206. The van der Waals surface area contributed by atoms with E-state index in [0.717, 1.165) is 0 Å². The van der Waals surface area contributed by atoms with E-state index in [1.54, 1.807) is 0 Å². The molecular weight excluding hydrogens is 1630 g/mol. The Kier molecular flexibility index (Phi) is 33.0. The molecule has 0 atom stereocenters. The van der Waals surface area contributed by atoms with Crippen molar-refractivity contribution in [1.29, 1.82) is 0 Å². The molecule has 0 unspecified atom stereocenters. The van der Waals surface area contributed by atoms with Gasteiger partial charge < -0.3 is 98.8 Å². The minimum absolute atomic E-state index is 2.05. The second-order valence-electron chi connectivity index (χ2n) is 36.0. The minimum atomic E-state index is -2.90. The molecule has 0 aromatic heterocycles. The Morgan fingerprint density at radius 2 is 0.0833 bits per heavy atom. The first kappa shape index (κ1) is 98.3. The summed E-state index contributed by atoms with van der Waals surface area (Å²) < 4.78 is 168. The number of hydrogen-bond acceptors (Lipinski definition) is 24. The molecule has 0 radical (unpaired) electrons. The number of rotatable bonds is 0. The summed E-state index contributed by atoms with van der Waals surface area (Å²) in [6.45, 7) is 98.6. The maximum absolute atomic E-state index is 6.98. The fraction of sp³-hybridized carbons (Fsp3) is 1.00. The molecule has 0 bridgehead atoms. The third-order valence-electron chi connectivity index (χ3n) is 11.8. The SMILES string of the molecule is C[Si]1(C)O[Si](C)(C)O[Si](C)(C)O[Si](C)(C)O[Si](C)(C)O[Si](C)(C)O[Si](C)(C)O[Si](C)(C)O[Si](C)(C)O[Si](C)(C)O[Si](C)(C)O[Si](C)(C)O[Si](C)(C)O[Si](C)(C)O[Si](C)(C)O[Si](C)(C)O[Si](C)(C)O[Si](C)(C)O[Si](C)(C)O[Si](C)(C)O[Si](C)(C)O[Si](C)(C)O[Si](C)(C)O[Si](C)(C)O1. The molecule has 0 aliphatic carbocycles. The zero-order valence-corrected chi connectivity index (χ0v) is 93.8. The molecule has 96 heavy (non-hydrogen) atoms. The van der Waals surface area contributed by atoms with Crippen LogP contribution in [-0.2, 0) is 98.8 Å². The van der Waals surface area contributed by atoms with Crippen LogP contribution in [0.15, 0.2) is 0 Å². The van der Waals surface area contributed by atoms with Crippen molar-refractivity contribution in [2.75, 3.05) is 0 Å². The molecule has 0 spiro atoms. The van der Waals surface area contributed by atoms with Crippen LogP contribution < -0.4 is 0 Å². The van der Waals surface area contributed by atoms with Crippen molar-refractivity contribution >= 4 is 205 Å². The van der Waals surface area contributed by atoms with E-state index in [0.29, 0.717) is 0 Å².